The predicted molar refractivity (Wildman–Crippen MR) is 204 cm³/mol. The highest BCUT2D eigenvalue weighted by Gasteiger charge is 2.16. The molecule has 0 fully saturated rings. The van der Waals surface area contributed by atoms with Crippen molar-refractivity contribution in [1.29, 1.82) is 0 Å². The fourth-order valence-electron chi connectivity index (χ4n) is 6.89. The van der Waals surface area contributed by atoms with Gasteiger partial charge < -0.3 is 4.42 Å². The number of fused-ring (bicyclic) bond motifs is 3. The zero-order chi connectivity index (χ0) is 32.6. The molecule has 2 nitrogen and oxygen atoms in total. The van der Waals surface area contributed by atoms with Crippen molar-refractivity contribution in [2.45, 2.75) is 0 Å². The molecule has 9 aromatic rings. The van der Waals surface area contributed by atoms with Gasteiger partial charge in [0.25, 0.3) is 0 Å². The summed E-state index contributed by atoms with van der Waals surface area (Å²) >= 11 is 0. The largest absolute Gasteiger partial charge is 0.456 e. The van der Waals surface area contributed by atoms with E-state index >= 15 is 0 Å². The summed E-state index contributed by atoms with van der Waals surface area (Å²) in [5.74, 6) is 0. The molecule has 0 unspecified atom stereocenters. The quantitative estimate of drug-likeness (QED) is 0.184. The van der Waals surface area contributed by atoms with Gasteiger partial charge in [0, 0.05) is 21.9 Å². The lowest BCUT2D eigenvalue weighted by Gasteiger charge is -2.12. The highest BCUT2D eigenvalue weighted by Crippen LogP contribution is 2.41. The summed E-state index contributed by atoms with van der Waals surface area (Å²) in [6, 6.07) is 66.2. The zero-order valence-electron chi connectivity index (χ0n) is 26.8. The fraction of sp³-hybridized carbons (Fsp3) is 0. The van der Waals surface area contributed by atoms with Crippen LogP contribution in [-0.4, -0.2) is 4.98 Å². The van der Waals surface area contributed by atoms with Crippen LogP contribution in [0.15, 0.2) is 192 Å². The Balaban J connectivity index is 1.15. The molecule has 0 bridgehead atoms. The SMILES string of the molecule is c1ccc(-c2cc(-c3cccc4oc5ccc(-c6ccc(-c7ccccc7-c7ccccc7)cc6)cc5c34)cc(-c3ccccc3)n2)cc1. The van der Waals surface area contributed by atoms with Crippen LogP contribution in [0.3, 0.4) is 0 Å². The lowest BCUT2D eigenvalue weighted by molar-refractivity contribution is 0.669. The van der Waals surface area contributed by atoms with Crippen LogP contribution in [0.1, 0.15) is 0 Å². The molecule has 0 radical (unpaired) electrons. The van der Waals surface area contributed by atoms with Crippen LogP contribution in [0.4, 0.5) is 0 Å². The Bertz CT molecular complexity index is 2510. The van der Waals surface area contributed by atoms with Gasteiger partial charge in [-0.1, -0.05) is 158 Å². The zero-order valence-corrected chi connectivity index (χ0v) is 26.8. The minimum absolute atomic E-state index is 0.872. The molecule has 2 heterocycles. The van der Waals surface area contributed by atoms with E-state index in [1.54, 1.807) is 0 Å². The summed E-state index contributed by atoms with van der Waals surface area (Å²) in [5.41, 5.74) is 15.2. The Morgan fingerprint density at radius 3 is 1.41 bits per heavy atom. The van der Waals surface area contributed by atoms with Crippen molar-refractivity contribution in [2.24, 2.45) is 0 Å². The van der Waals surface area contributed by atoms with E-state index in [2.05, 4.69) is 176 Å². The molecular formula is C47H31NO. The molecule has 9 rings (SSSR count). The summed E-state index contributed by atoms with van der Waals surface area (Å²) in [6.45, 7) is 0. The number of hydrogen-bond donors (Lipinski definition) is 0. The van der Waals surface area contributed by atoms with Gasteiger partial charge in [0.1, 0.15) is 11.2 Å². The van der Waals surface area contributed by atoms with Crippen molar-refractivity contribution < 1.29 is 4.42 Å². The molecule has 0 amide bonds. The Morgan fingerprint density at radius 2 is 0.796 bits per heavy atom. The molecule has 0 atom stereocenters. The third-order valence-electron chi connectivity index (χ3n) is 9.31. The molecule has 0 saturated heterocycles. The van der Waals surface area contributed by atoms with Crippen molar-refractivity contribution >= 4 is 21.9 Å². The molecular weight excluding hydrogens is 595 g/mol. The summed E-state index contributed by atoms with van der Waals surface area (Å²) in [4.78, 5) is 5.11. The lowest BCUT2D eigenvalue weighted by atomic mass is 9.93. The van der Waals surface area contributed by atoms with Crippen LogP contribution in [0, 0.1) is 0 Å². The molecule has 0 aliphatic rings. The maximum atomic E-state index is 6.45. The molecule has 0 N–H and O–H groups in total. The van der Waals surface area contributed by atoms with Gasteiger partial charge in [0.2, 0.25) is 0 Å². The van der Waals surface area contributed by atoms with E-state index in [4.69, 9.17) is 9.40 Å². The third-order valence-corrected chi connectivity index (χ3v) is 9.31. The van der Waals surface area contributed by atoms with Gasteiger partial charge in [0.15, 0.2) is 0 Å². The second kappa shape index (κ2) is 12.3. The summed E-state index contributed by atoms with van der Waals surface area (Å²) in [5, 5.41) is 2.21. The van der Waals surface area contributed by atoms with Crippen LogP contribution in [-0.2, 0) is 0 Å². The number of aromatic nitrogens is 1. The minimum Gasteiger partial charge on any atom is -0.456 e. The second-order valence-electron chi connectivity index (χ2n) is 12.3. The first kappa shape index (κ1) is 28.7. The molecule has 49 heavy (non-hydrogen) atoms. The summed E-state index contributed by atoms with van der Waals surface area (Å²) in [7, 11) is 0. The topological polar surface area (TPSA) is 26.0 Å². The lowest BCUT2D eigenvalue weighted by Crippen LogP contribution is -1.91. The van der Waals surface area contributed by atoms with E-state index in [9.17, 15) is 0 Å². The van der Waals surface area contributed by atoms with Crippen LogP contribution in [0.25, 0.3) is 89.0 Å². The number of furan rings is 1. The van der Waals surface area contributed by atoms with E-state index in [-0.39, 0.29) is 0 Å². The van der Waals surface area contributed by atoms with E-state index in [1.165, 1.54) is 22.3 Å². The molecule has 2 heteroatoms. The minimum atomic E-state index is 0.872. The van der Waals surface area contributed by atoms with Crippen LogP contribution in [0.2, 0.25) is 0 Å². The fourth-order valence-corrected chi connectivity index (χ4v) is 6.89. The van der Waals surface area contributed by atoms with Crippen molar-refractivity contribution in [3.05, 3.63) is 188 Å². The molecule has 7 aromatic carbocycles. The highest BCUT2D eigenvalue weighted by molar-refractivity contribution is 6.13. The van der Waals surface area contributed by atoms with Crippen LogP contribution in [0.5, 0.6) is 0 Å². The smallest absolute Gasteiger partial charge is 0.136 e. The van der Waals surface area contributed by atoms with Gasteiger partial charge in [-0.05, 0) is 74.8 Å². The first-order valence-corrected chi connectivity index (χ1v) is 16.6. The average Bonchev–Trinajstić information content (AvgIpc) is 3.57. The molecule has 0 aliphatic heterocycles. The number of benzene rings is 7. The summed E-state index contributed by atoms with van der Waals surface area (Å²) in [6.07, 6.45) is 0. The number of pyridine rings is 1. The predicted octanol–water partition coefficient (Wildman–Crippen LogP) is 13.0. The van der Waals surface area contributed by atoms with Crippen molar-refractivity contribution in [1.82, 2.24) is 4.98 Å². The first-order chi connectivity index (χ1) is 24.3. The van der Waals surface area contributed by atoms with Gasteiger partial charge in [-0.25, -0.2) is 4.98 Å². The molecule has 0 spiro atoms. The van der Waals surface area contributed by atoms with Crippen molar-refractivity contribution in [3.8, 4) is 67.0 Å². The monoisotopic (exact) mass is 625 g/mol. The van der Waals surface area contributed by atoms with E-state index < -0.39 is 0 Å². The van der Waals surface area contributed by atoms with Crippen molar-refractivity contribution in [3.63, 3.8) is 0 Å². The first-order valence-electron chi connectivity index (χ1n) is 16.6. The van der Waals surface area contributed by atoms with Gasteiger partial charge in [0.05, 0.1) is 11.4 Å². The number of nitrogens with zero attached hydrogens (tertiary/aromatic N) is 1. The standard InChI is InChI=1S/C47H31NO/c1-4-13-33(14-5-1)39-19-10-11-20-40(39)34-25-23-32(24-26-34)37-27-28-45-42(29-37)47-41(21-12-22-46(47)49-45)38-30-43(35-15-6-2-7-16-35)48-44(31-38)36-17-8-3-9-18-36/h1-31H. The maximum Gasteiger partial charge on any atom is 0.136 e. The molecule has 2 aromatic heterocycles. The molecule has 0 saturated carbocycles. The van der Waals surface area contributed by atoms with Gasteiger partial charge in [-0.15, -0.1) is 0 Å². The van der Waals surface area contributed by atoms with Crippen LogP contribution >= 0.6 is 0 Å². The normalized spacial score (nSPS) is 11.3. The van der Waals surface area contributed by atoms with E-state index in [0.717, 1.165) is 66.7 Å². The van der Waals surface area contributed by atoms with E-state index in [1.807, 2.05) is 12.1 Å². The Labute approximate surface area is 285 Å². The average molecular weight is 626 g/mol. The molecule has 230 valence electrons. The van der Waals surface area contributed by atoms with Gasteiger partial charge in [-0.2, -0.15) is 0 Å². The Kier molecular flexibility index (Phi) is 7.18. The third kappa shape index (κ3) is 5.40. The van der Waals surface area contributed by atoms with Crippen LogP contribution < -0.4 is 0 Å². The van der Waals surface area contributed by atoms with Gasteiger partial charge >= 0.3 is 0 Å². The number of hydrogen-bond acceptors (Lipinski definition) is 2. The molecule has 0 aliphatic carbocycles. The van der Waals surface area contributed by atoms with Gasteiger partial charge in [-0.3, -0.25) is 0 Å². The maximum absolute atomic E-state index is 6.45. The summed E-state index contributed by atoms with van der Waals surface area (Å²) < 4.78 is 6.45. The Hall–Kier alpha value is -6.51. The highest BCUT2D eigenvalue weighted by atomic mass is 16.3. The Morgan fingerprint density at radius 1 is 0.306 bits per heavy atom. The number of rotatable bonds is 6. The second-order valence-corrected chi connectivity index (χ2v) is 12.3. The van der Waals surface area contributed by atoms with E-state index in [0.29, 0.717) is 0 Å². The van der Waals surface area contributed by atoms with Crippen molar-refractivity contribution in [2.75, 3.05) is 0 Å².